The van der Waals surface area contributed by atoms with Crippen molar-refractivity contribution in [2.45, 2.75) is 56.9 Å². The van der Waals surface area contributed by atoms with Gasteiger partial charge in [-0.1, -0.05) is 18.2 Å². The van der Waals surface area contributed by atoms with Gasteiger partial charge in [0.25, 0.3) is 0 Å². The minimum Gasteiger partial charge on any atom is -0.494 e. The van der Waals surface area contributed by atoms with Crippen molar-refractivity contribution in [2.75, 3.05) is 6.61 Å². The molecule has 0 radical (unpaired) electrons. The normalized spacial score (nSPS) is 34.3. The maximum absolute atomic E-state index is 12.4. The number of amides is 1. The van der Waals surface area contributed by atoms with Crippen molar-refractivity contribution in [1.29, 1.82) is 0 Å². The van der Waals surface area contributed by atoms with Gasteiger partial charge < -0.3 is 10.1 Å². The van der Waals surface area contributed by atoms with Crippen LogP contribution in [0.15, 0.2) is 30.3 Å². The van der Waals surface area contributed by atoms with Crippen LogP contribution in [-0.2, 0) is 4.79 Å². The second kappa shape index (κ2) is 6.18. The number of ether oxygens (including phenoxy) is 1. The standard InChI is InChI=1S/C20H27NO2/c22-19(7-4-8-23-18-5-2-1-3-6-18)21-20-12-15-9-16(13-20)11-17(10-15)14-20/h1-3,5-6,15-17H,4,7-14H2,(H,21,22). The molecule has 4 aliphatic carbocycles. The van der Waals surface area contributed by atoms with Crippen LogP contribution in [0.25, 0.3) is 0 Å². The highest BCUT2D eigenvalue weighted by atomic mass is 16.5. The molecular formula is C20H27NO2. The van der Waals surface area contributed by atoms with E-state index in [-0.39, 0.29) is 11.4 Å². The third-order valence-electron chi connectivity index (χ3n) is 6.00. The van der Waals surface area contributed by atoms with Gasteiger partial charge in [0.2, 0.25) is 5.91 Å². The minimum atomic E-state index is 0.145. The number of rotatable bonds is 6. The zero-order chi connectivity index (χ0) is 15.7. The Morgan fingerprint density at radius 2 is 1.65 bits per heavy atom. The fourth-order valence-corrected chi connectivity index (χ4v) is 5.56. The summed E-state index contributed by atoms with van der Waals surface area (Å²) in [5.74, 6) is 3.74. The lowest BCUT2D eigenvalue weighted by Crippen LogP contribution is -2.59. The molecule has 23 heavy (non-hydrogen) atoms. The molecule has 0 aliphatic heterocycles. The van der Waals surface area contributed by atoms with E-state index in [9.17, 15) is 4.79 Å². The molecule has 0 aromatic heterocycles. The first-order chi connectivity index (χ1) is 11.2. The van der Waals surface area contributed by atoms with E-state index in [0.29, 0.717) is 13.0 Å². The van der Waals surface area contributed by atoms with Crippen LogP contribution in [0, 0.1) is 17.8 Å². The smallest absolute Gasteiger partial charge is 0.220 e. The second-order valence-electron chi connectivity index (χ2n) is 8.01. The van der Waals surface area contributed by atoms with Gasteiger partial charge in [-0.2, -0.15) is 0 Å². The van der Waals surface area contributed by atoms with E-state index in [1.807, 2.05) is 30.3 Å². The van der Waals surface area contributed by atoms with Crippen molar-refractivity contribution in [3.63, 3.8) is 0 Å². The molecule has 1 aromatic rings. The third kappa shape index (κ3) is 3.39. The third-order valence-corrected chi connectivity index (χ3v) is 6.00. The van der Waals surface area contributed by atoms with Gasteiger partial charge in [0.1, 0.15) is 5.75 Å². The lowest BCUT2D eigenvalue weighted by Gasteiger charge is -2.56. The Labute approximate surface area is 138 Å². The van der Waals surface area contributed by atoms with Gasteiger partial charge in [0.15, 0.2) is 0 Å². The molecule has 0 saturated heterocycles. The Balaban J connectivity index is 1.23. The van der Waals surface area contributed by atoms with Gasteiger partial charge in [-0.15, -0.1) is 0 Å². The summed E-state index contributed by atoms with van der Waals surface area (Å²) in [4.78, 5) is 12.4. The van der Waals surface area contributed by atoms with Crippen molar-refractivity contribution in [2.24, 2.45) is 17.8 Å². The van der Waals surface area contributed by atoms with Gasteiger partial charge in [-0.3, -0.25) is 4.79 Å². The Bertz CT molecular complexity index is 519. The van der Waals surface area contributed by atoms with Crippen molar-refractivity contribution in [3.05, 3.63) is 30.3 Å². The lowest BCUT2D eigenvalue weighted by molar-refractivity contribution is -0.127. The fourth-order valence-electron chi connectivity index (χ4n) is 5.56. The molecule has 0 unspecified atom stereocenters. The Hall–Kier alpha value is -1.51. The SMILES string of the molecule is O=C(CCCOc1ccccc1)NC12CC3CC(CC(C3)C1)C2. The second-order valence-corrected chi connectivity index (χ2v) is 8.01. The molecule has 0 spiro atoms. The zero-order valence-electron chi connectivity index (χ0n) is 13.8. The first-order valence-electron chi connectivity index (χ1n) is 9.20. The van der Waals surface area contributed by atoms with Crippen LogP contribution in [0.4, 0.5) is 0 Å². The lowest BCUT2D eigenvalue weighted by atomic mass is 9.53. The maximum atomic E-state index is 12.4. The summed E-state index contributed by atoms with van der Waals surface area (Å²) in [6.45, 7) is 0.609. The molecule has 4 bridgehead atoms. The highest BCUT2D eigenvalue weighted by Crippen LogP contribution is 2.55. The highest BCUT2D eigenvalue weighted by molar-refractivity contribution is 5.76. The molecule has 4 fully saturated rings. The molecule has 3 heteroatoms. The summed E-state index contributed by atoms with van der Waals surface area (Å²) in [5.41, 5.74) is 0.145. The molecule has 124 valence electrons. The zero-order valence-corrected chi connectivity index (χ0v) is 13.8. The van der Waals surface area contributed by atoms with Crippen LogP contribution in [0.3, 0.4) is 0 Å². The van der Waals surface area contributed by atoms with Crippen molar-refractivity contribution in [3.8, 4) is 5.75 Å². The summed E-state index contributed by atoms with van der Waals surface area (Å²) in [7, 11) is 0. The molecule has 0 heterocycles. The van der Waals surface area contributed by atoms with Gasteiger partial charge in [0, 0.05) is 12.0 Å². The van der Waals surface area contributed by atoms with Crippen LogP contribution >= 0.6 is 0 Å². The average molecular weight is 313 g/mol. The molecule has 5 rings (SSSR count). The molecule has 0 atom stereocenters. The molecule has 1 N–H and O–H groups in total. The number of benzene rings is 1. The van der Waals surface area contributed by atoms with Gasteiger partial charge in [0.05, 0.1) is 6.61 Å². The van der Waals surface area contributed by atoms with Gasteiger partial charge in [-0.25, -0.2) is 0 Å². The quantitative estimate of drug-likeness (QED) is 0.808. The highest BCUT2D eigenvalue weighted by Gasteiger charge is 2.51. The first-order valence-corrected chi connectivity index (χ1v) is 9.20. The van der Waals surface area contributed by atoms with Crippen LogP contribution in [0.2, 0.25) is 0 Å². The summed E-state index contributed by atoms with van der Waals surface area (Å²) in [6.07, 6.45) is 9.30. The van der Waals surface area contributed by atoms with E-state index in [1.165, 1.54) is 38.5 Å². The van der Waals surface area contributed by atoms with Crippen LogP contribution in [0.5, 0.6) is 5.75 Å². The molecule has 1 aromatic carbocycles. The number of hydrogen-bond acceptors (Lipinski definition) is 2. The summed E-state index contributed by atoms with van der Waals surface area (Å²) in [6, 6.07) is 9.82. The average Bonchev–Trinajstić information content (AvgIpc) is 2.51. The molecule has 1 amide bonds. The van der Waals surface area contributed by atoms with E-state index in [2.05, 4.69) is 5.32 Å². The van der Waals surface area contributed by atoms with Gasteiger partial charge >= 0.3 is 0 Å². The summed E-state index contributed by atoms with van der Waals surface area (Å²) in [5, 5.41) is 3.43. The largest absolute Gasteiger partial charge is 0.494 e. The van der Waals surface area contributed by atoms with Crippen molar-refractivity contribution in [1.82, 2.24) is 5.32 Å². The topological polar surface area (TPSA) is 38.3 Å². The van der Waals surface area contributed by atoms with E-state index in [0.717, 1.165) is 29.9 Å². The van der Waals surface area contributed by atoms with E-state index < -0.39 is 0 Å². The Kier molecular flexibility index (Phi) is 4.04. The maximum Gasteiger partial charge on any atom is 0.220 e. The first kappa shape index (κ1) is 15.0. The monoisotopic (exact) mass is 313 g/mol. The number of hydrogen-bond donors (Lipinski definition) is 1. The van der Waals surface area contributed by atoms with Crippen LogP contribution in [-0.4, -0.2) is 18.1 Å². The summed E-state index contributed by atoms with van der Waals surface area (Å²) >= 11 is 0. The molecule has 3 nitrogen and oxygen atoms in total. The van der Waals surface area contributed by atoms with E-state index in [1.54, 1.807) is 0 Å². The Morgan fingerprint density at radius 3 is 2.26 bits per heavy atom. The van der Waals surface area contributed by atoms with Crippen LogP contribution in [0.1, 0.15) is 51.4 Å². The predicted octanol–water partition coefficient (Wildman–Crippen LogP) is 3.93. The molecule has 4 saturated carbocycles. The van der Waals surface area contributed by atoms with Gasteiger partial charge in [-0.05, 0) is 74.8 Å². The number of carbonyl (C=O) groups is 1. The van der Waals surface area contributed by atoms with Crippen LogP contribution < -0.4 is 10.1 Å². The van der Waals surface area contributed by atoms with E-state index in [4.69, 9.17) is 4.74 Å². The minimum absolute atomic E-state index is 0.145. The number of para-hydroxylation sites is 1. The van der Waals surface area contributed by atoms with Crippen molar-refractivity contribution >= 4 is 5.91 Å². The summed E-state index contributed by atoms with van der Waals surface area (Å²) < 4.78 is 5.67. The Morgan fingerprint density at radius 1 is 1.04 bits per heavy atom. The van der Waals surface area contributed by atoms with E-state index >= 15 is 0 Å². The number of carbonyl (C=O) groups excluding carboxylic acids is 1. The number of nitrogens with one attached hydrogen (secondary N) is 1. The fraction of sp³-hybridized carbons (Fsp3) is 0.650. The molecular weight excluding hydrogens is 286 g/mol. The predicted molar refractivity (Wildman–Crippen MR) is 90.2 cm³/mol. The molecule has 4 aliphatic rings. The van der Waals surface area contributed by atoms with Crippen molar-refractivity contribution < 1.29 is 9.53 Å².